The highest BCUT2D eigenvalue weighted by Crippen LogP contribution is 2.13. The Labute approximate surface area is 116 Å². The highest BCUT2D eigenvalue weighted by molar-refractivity contribution is 7.89. The molecule has 19 heavy (non-hydrogen) atoms. The average molecular weight is 297 g/mol. The first-order chi connectivity index (χ1) is 9.12. The molecule has 0 radical (unpaired) electrons. The molecular formula is C12H15N3O2S2. The summed E-state index contributed by atoms with van der Waals surface area (Å²) in [7, 11) is -3.50. The summed E-state index contributed by atoms with van der Waals surface area (Å²) < 4.78 is 26.8. The number of sulfonamides is 1. The van der Waals surface area contributed by atoms with E-state index in [-0.39, 0.29) is 4.90 Å². The number of rotatable bonds is 6. The van der Waals surface area contributed by atoms with Crippen LogP contribution in [0.4, 0.5) is 5.82 Å². The van der Waals surface area contributed by atoms with Gasteiger partial charge in [-0.3, -0.25) is 0 Å². The van der Waals surface area contributed by atoms with Gasteiger partial charge in [0.2, 0.25) is 10.0 Å². The summed E-state index contributed by atoms with van der Waals surface area (Å²) in [6.45, 7) is 2.92. The third-order valence-corrected chi connectivity index (χ3v) is 4.58. The molecule has 2 N–H and O–H groups in total. The van der Waals surface area contributed by atoms with Crippen LogP contribution < -0.4 is 10.0 Å². The second-order valence-corrected chi connectivity index (χ2v) is 6.41. The number of anilines is 1. The van der Waals surface area contributed by atoms with E-state index < -0.39 is 10.0 Å². The number of nitrogens with zero attached hydrogens (tertiary/aromatic N) is 1. The number of pyridine rings is 1. The summed E-state index contributed by atoms with van der Waals surface area (Å²) in [5.74, 6) is 0.556. The number of nitrogens with one attached hydrogen (secondary N) is 2. The largest absolute Gasteiger partial charge is 0.370 e. The summed E-state index contributed by atoms with van der Waals surface area (Å²) in [5, 5.41) is 6.82. The van der Waals surface area contributed by atoms with Gasteiger partial charge < -0.3 is 5.32 Å². The van der Waals surface area contributed by atoms with Crippen LogP contribution in [0.2, 0.25) is 0 Å². The lowest BCUT2D eigenvalue weighted by Crippen LogP contribution is -2.23. The fraction of sp³-hybridized carbons (Fsp3) is 0.250. The molecule has 2 heterocycles. The van der Waals surface area contributed by atoms with Crippen molar-refractivity contribution in [3.63, 3.8) is 0 Å². The van der Waals surface area contributed by atoms with E-state index in [9.17, 15) is 8.42 Å². The van der Waals surface area contributed by atoms with Crippen molar-refractivity contribution in [1.82, 2.24) is 9.71 Å². The van der Waals surface area contributed by atoms with Crippen molar-refractivity contribution in [1.29, 1.82) is 0 Å². The van der Waals surface area contributed by atoms with E-state index >= 15 is 0 Å². The van der Waals surface area contributed by atoms with Crippen molar-refractivity contribution in [3.05, 3.63) is 40.7 Å². The molecule has 0 atom stereocenters. The molecular weight excluding hydrogens is 282 g/mol. The van der Waals surface area contributed by atoms with Gasteiger partial charge in [0.15, 0.2) is 0 Å². The summed E-state index contributed by atoms with van der Waals surface area (Å²) >= 11 is 1.54. The van der Waals surface area contributed by atoms with E-state index in [1.165, 1.54) is 18.3 Å². The molecule has 0 amide bonds. The van der Waals surface area contributed by atoms with E-state index in [0.29, 0.717) is 18.9 Å². The van der Waals surface area contributed by atoms with Gasteiger partial charge in [0, 0.05) is 25.4 Å². The zero-order chi connectivity index (χ0) is 13.7. The zero-order valence-corrected chi connectivity index (χ0v) is 12.1. The molecule has 7 heteroatoms. The third kappa shape index (κ3) is 3.76. The summed E-state index contributed by atoms with van der Waals surface area (Å²) in [6.07, 6.45) is 1.48. The average Bonchev–Trinajstić information content (AvgIpc) is 2.90. The topological polar surface area (TPSA) is 71.1 Å². The Kier molecular flexibility index (Phi) is 4.52. The van der Waals surface area contributed by atoms with Crippen LogP contribution in [0.25, 0.3) is 0 Å². The van der Waals surface area contributed by atoms with Crippen LogP contribution in [0.1, 0.15) is 12.5 Å². The molecule has 0 spiro atoms. The first-order valence-corrected chi connectivity index (χ1v) is 8.25. The normalized spacial score (nSPS) is 11.4. The monoisotopic (exact) mass is 297 g/mol. The van der Waals surface area contributed by atoms with E-state index in [1.54, 1.807) is 11.3 Å². The maximum absolute atomic E-state index is 12.1. The second-order valence-electron chi connectivity index (χ2n) is 3.86. The quantitative estimate of drug-likeness (QED) is 0.856. The molecule has 0 fully saturated rings. The lowest BCUT2D eigenvalue weighted by molar-refractivity contribution is 0.581. The van der Waals surface area contributed by atoms with Crippen LogP contribution in [0.15, 0.2) is 40.1 Å². The predicted octanol–water partition coefficient (Wildman–Crippen LogP) is 2.05. The molecule has 0 saturated heterocycles. The van der Waals surface area contributed by atoms with Crippen molar-refractivity contribution in [2.24, 2.45) is 0 Å². The van der Waals surface area contributed by atoms with Gasteiger partial charge in [-0.2, -0.15) is 11.3 Å². The van der Waals surface area contributed by atoms with E-state index in [0.717, 1.165) is 5.56 Å². The minimum absolute atomic E-state index is 0.216. The van der Waals surface area contributed by atoms with Crippen molar-refractivity contribution >= 4 is 27.2 Å². The molecule has 2 aromatic heterocycles. The number of thiophene rings is 1. The Morgan fingerprint density at radius 1 is 1.37 bits per heavy atom. The van der Waals surface area contributed by atoms with Crippen molar-refractivity contribution in [2.75, 3.05) is 11.9 Å². The smallest absolute Gasteiger partial charge is 0.241 e. The van der Waals surface area contributed by atoms with E-state index in [1.807, 2.05) is 23.8 Å². The van der Waals surface area contributed by atoms with Crippen LogP contribution in [-0.4, -0.2) is 19.9 Å². The molecule has 0 aromatic carbocycles. The predicted molar refractivity (Wildman–Crippen MR) is 76.7 cm³/mol. The Morgan fingerprint density at radius 3 is 2.89 bits per heavy atom. The van der Waals surface area contributed by atoms with E-state index in [2.05, 4.69) is 15.0 Å². The molecule has 2 aromatic rings. The van der Waals surface area contributed by atoms with E-state index in [4.69, 9.17) is 0 Å². The van der Waals surface area contributed by atoms with Gasteiger partial charge in [-0.1, -0.05) is 0 Å². The zero-order valence-electron chi connectivity index (χ0n) is 10.5. The van der Waals surface area contributed by atoms with Crippen LogP contribution in [0, 0.1) is 0 Å². The Hall–Kier alpha value is -1.44. The molecule has 2 rings (SSSR count). The van der Waals surface area contributed by atoms with Crippen LogP contribution in [-0.2, 0) is 16.6 Å². The molecule has 102 valence electrons. The molecule has 0 unspecified atom stereocenters. The highest BCUT2D eigenvalue weighted by Gasteiger charge is 2.14. The maximum atomic E-state index is 12.1. The molecule has 0 aliphatic heterocycles. The molecule has 5 nitrogen and oxygen atoms in total. The maximum Gasteiger partial charge on any atom is 0.241 e. The lowest BCUT2D eigenvalue weighted by atomic mass is 10.4. The van der Waals surface area contributed by atoms with Crippen molar-refractivity contribution < 1.29 is 8.42 Å². The van der Waals surface area contributed by atoms with Gasteiger partial charge in [0.1, 0.15) is 5.82 Å². The van der Waals surface area contributed by atoms with Crippen LogP contribution in [0.3, 0.4) is 0 Å². The Bertz CT molecular complexity index is 624. The summed E-state index contributed by atoms with van der Waals surface area (Å²) in [4.78, 5) is 4.27. The molecule has 0 aliphatic rings. The van der Waals surface area contributed by atoms with Crippen LogP contribution >= 0.6 is 11.3 Å². The van der Waals surface area contributed by atoms with Gasteiger partial charge in [-0.25, -0.2) is 18.1 Å². The minimum atomic E-state index is -3.50. The van der Waals surface area contributed by atoms with Gasteiger partial charge in [0.05, 0.1) is 4.90 Å². The first kappa shape index (κ1) is 14.0. The van der Waals surface area contributed by atoms with Gasteiger partial charge >= 0.3 is 0 Å². The number of hydrogen-bond donors (Lipinski definition) is 2. The molecule has 0 bridgehead atoms. The Morgan fingerprint density at radius 2 is 2.21 bits per heavy atom. The standard InChI is InChI=1S/C12H15N3O2S2/c1-2-13-12-7-11(3-5-14-12)19(16,17)15-8-10-4-6-18-9-10/h3-7,9,15H,2,8H2,1H3,(H,13,14). The van der Waals surface area contributed by atoms with Gasteiger partial charge in [-0.05, 0) is 35.4 Å². The van der Waals surface area contributed by atoms with Crippen molar-refractivity contribution in [3.8, 4) is 0 Å². The highest BCUT2D eigenvalue weighted by atomic mass is 32.2. The number of hydrogen-bond acceptors (Lipinski definition) is 5. The fourth-order valence-corrected chi connectivity index (χ4v) is 3.21. The first-order valence-electron chi connectivity index (χ1n) is 5.82. The van der Waals surface area contributed by atoms with Gasteiger partial charge in [0.25, 0.3) is 0 Å². The lowest BCUT2D eigenvalue weighted by Gasteiger charge is -2.07. The fourth-order valence-electron chi connectivity index (χ4n) is 1.51. The third-order valence-electron chi connectivity index (χ3n) is 2.45. The Balaban J connectivity index is 2.12. The second kappa shape index (κ2) is 6.14. The minimum Gasteiger partial charge on any atom is -0.370 e. The van der Waals surface area contributed by atoms with Crippen LogP contribution in [0.5, 0.6) is 0 Å². The number of aromatic nitrogens is 1. The van der Waals surface area contributed by atoms with Crippen molar-refractivity contribution in [2.45, 2.75) is 18.4 Å². The summed E-state index contributed by atoms with van der Waals surface area (Å²) in [5.41, 5.74) is 0.953. The van der Waals surface area contributed by atoms with Gasteiger partial charge in [-0.15, -0.1) is 0 Å². The molecule has 0 aliphatic carbocycles. The molecule has 0 saturated carbocycles. The SMILES string of the molecule is CCNc1cc(S(=O)(=O)NCc2ccsc2)ccn1. The summed E-state index contributed by atoms with van der Waals surface area (Å²) in [6, 6.07) is 4.90.